The molecular weight excluding hydrogens is 62.8 g/mol. The molecule has 0 aromatic carbocycles. The van der Waals surface area contributed by atoms with Crippen LogP contribution >= 0.6 is 0 Å². The van der Waals surface area contributed by atoms with Crippen LogP contribution in [0.5, 0.6) is 0 Å². The van der Waals surface area contributed by atoms with Gasteiger partial charge in [-0.3, -0.25) is 0 Å². The monoisotopic (exact) mass is 76.1 g/mol. The van der Waals surface area contributed by atoms with Crippen molar-refractivity contribution in [3.63, 3.8) is 0 Å². The molecule has 0 fully saturated rings. The predicted octanol–water partition coefficient (Wildman–Crippen LogP) is -0.0577. The van der Waals surface area contributed by atoms with E-state index in [-0.39, 0.29) is 20.7 Å². The van der Waals surface area contributed by atoms with Gasteiger partial charge in [0.2, 0.25) is 0 Å². The molecule has 0 rings (SSSR count). The van der Waals surface area contributed by atoms with Gasteiger partial charge >= 0.3 is 0 Å². The second-order valence-electron chi connectivity index (χ2n) is 0. The molecule has 0 bridgehead atoms. The van der Waals surface area contributed by atoms with Crippen molar-refractivity contribution in [3.05, 3.63) is 13.2 Å². The molecule has 0 amide bonds. The van der Waals surface area contributed by atoms with Gasteiger partial charge in [-0.2, -0.15) is 0 Å². The molecular formula is C2H13BN2. The van der Waals surface area contributed by atoms with Crippen molar-refractivity contribution >= 4 is 8.41 Å². The Morgan fingerprint density at radius 3 is 0.800 bits per heavy atom. The molecule has 0 saturated heterocycles. The van der Waals surface area contributed by atoms with Crippen molar-refractivity contribution in [2.24, 2.45) is 0 Å². The predicted molar refractivity (Wildman–Crippen MR) is 31.2 cm³/mol. The maximum absolute atomic E-state index is 3.00. The van der Waals surface area contributed by atoms with Crippen LogP contribution in [0.2, 0.25) is 0 Å². The highest BCUT2D eigenvalue weighted by molar-refractivity contribution is 5.75. The first-order valence-corrected chi connectivity index (χ1v) is 0.500. The zero-order valence-electron chi connectivity index (χ0n) is 2.83. The summed E-state index contributed by atoms with van der Waals surface area (Å²) in [5.74, 6) is 0. The Bertz CT molecular complexity index is 7.61. The van der Waals surface area contributed by atoms with Crippen LogP contribution in [0.25, 0.3) is 0 Å². The average Bonchev–Trinajstić information content (AvgIpc) is 1.00. The van der Waals surface area contributed by atoms with Gasteiger partial charge in [0.05, 0.1) is 8.41 Å². The molecule has 0 aliphatic carbocycles. The number of hydrogen-bond acceptors (Lipinski definition) is 2. The summed E-state index contributed by atoms with van der Waals surface area (Å²) >= 11 is 0. The van der Waals surface area contributed by atoms with Crippen molar-refractivity contribution < 1.29 is 0 Å². The van der Waals surface area contributed by atoms with Crippen LogP contribution in [-0.2, 0) is 0 Å². The summed E-state index contributed by atoms with van der Waals surface area (Å²) in [6.07, 6.45) is 0. The van der Waals surface area contributed by atoms with Gasteiger partial charge in [0.25, 0.3) is 0 Å². The van der Waals surface area contributed by atoms with Crippen LogP contribution in [0.3, 0.4) is 0 Å². The minimum atomic E-state index is 0. The summed E-state index contributed by atoms with van der Waals surface area (Å²) in [6, 6.07) is 0. The third kappa shape index (κ3) is 146. The molecule has 5 heavy (non-hydrogen) atoms. The van der Waals surface area contributed by atoms with Crippen molar-refractivity contribution in [1.82, 2.24) is 12.3 Å². The highest BCUT2D eigenvalue weighted by Crippen LogP contribution is 0.862. The van der Waals surface area contributed by atoms with E-state index in [0.29, 0.717) is 0 Å². The summed E-state index contributed by atoms with van der Waals surface area (Å²) < 4.78 is 0. The minimum absolute atomic E-state index is 0. The lowest BCUT2D eigenvalue weighted by Crippen LogP contribution is -0.552. The maximum Gasteiger partial charge on any atom is 0.0814 e. The Balaban J connectivity index is -0.00000000167. The molecule has 6 N–H and O–H groups in total. The molecule has 34 valence electrons. The highest BCUT2D eigenvalue weighted by Gasteiger charge is 0.601. The van der Waals surface area contributed by atoms with Gasteiger partial charge in [0.15, 0.2) is 0 Å². The second kappa shape index (κ2) is 366. The van der Waals surface area contributed by atoms with Gasteiger partial charge in [0, 0.05) is 0 Å². The van der Waals surface area contributed by atoms with E-state index in [9.17, 15) is 0 Å². The molecule has 0 aromatic rings. The van der Waals surface area contributed by atoms with Crippen LogP contribution in [0, 0.1) is 0 Å². The Kier molecular flexibility index (Phi) is 9120. The first-order valence-electron chi connectivity index (χ1n) is 0.500. The molecule has 0 aromatic heterocycles. The molecule has 0 heterocycles. The molecule has 0 unspecified atom stereocenters. The molecule has 2 nitrogen and oxygen atoms in total. The molecule has 0 aliphatic heterocycles. The fourth-order valence-corrected chi connectivity index (χ4v) is 0. The third-order valence-corrected chi connectivity index (χ3v) is 0. The van der Waals surface area contributed by atoms with E-state index in [4.69, 9.17) is 0 Å². The van der Waals surface area contributed by atoms with E-state index in [2.05, 4.69) is 13.2 Å². The summed E-state index contributed by atoms with van der Waals surface area (Å²) in [5, 5.41) is 0. The standard InChI is InChI=1S/C2H4.BH3.2H3N/c1-2;;;/h1-2H2;3*1H3. The minimum Gasteiger partial charge on any atom is -0.344 e. The Labute approximate surface area is 35.0 Å². The summed E-state index contributed by atoms with van der Waals surface area (Å²) in [7, 11) is 0. The third-order valence-electron chi connectivity index (χ3n) is 0. The van der Waals surface area contributed by atoms with Crippen LogP contribution in [0.4, 0.5) is 0 Å². The van der Waals surface area contributed by atoms with E-state index < -0.39 is 0 Å². The van der Waals surface area contributed by atoms with Gasteiger partial charge < -0.3 is 12.3 Å². The maximum atomic E-state index is 3.00. The molecule has 0 saturated carbocycles. The van der Waals surface area contributed by atoms with E-state index in [1.54, 1.807) is 0 Å². The Hall–Kier alpha value is -0.275. The largest absolute Gasteiger partial charge is 0.344 e. The SMILES string of the molecule is B.C=C.N.N. The van der Waals surface area contributed by atoms with Crippen LogP contribution in [0.15, 0.2) is 13.2 Å². The quantitative estimate of drug-likeness (QED) is 0.313. The molecule has 0 radical (unpaired) electrons. The lowest BCUT2D eigenvalue weighted by Gasteiger charge is -0.813. The van der Waals surface area contributed by atoms with Gasteiger partial charge in [-0.25, -0.2) is 0 Å². The molecule has 0 atom stereocenters. The topological polar surface area (TPSA) is 70.0 Å². The molecule has 0 spiro atoms. The van der Waals surface area contributed by atoms with E-state index in [0.717, 1.165) is 0 Å². The summed E-state index contributed by atoms with van der Waals surface area (Å²) in [5.41, 5.74) is 0. The summed E-state index contributed by atoms with van der Waals surface area (Å²) in [6.45, 7) is 6.00. The van der Waals surface area contributed by atoms with Crippen LogP contribution in [-0.4, -0.2) is 8.41 Å². The lowest BCUT2D eigenvalue weighted by molar-refractivity contribution is 2.13. The van der Waals surface area contributed by atoms with Crippen molar-refractivity contribution in [3.8, 4) is 0 Å². The Morgan fingerprint density at radius 1 is 0.800 bits per heavy atom. The molecule has 3 heteroatoms. The van der Waals surface area contributed by atoms with Crippen molar-refractivity contribution in [2.75, 3.05) is 0 Å². The lowest BCUT2D eigenvalue weighted by atomic mass is 10.8. The fraction of sp³-hybridized carbons (Fsp3) is 0. The number of rotatable bonds is 0. The first kappa shape index (κ1) is 125. The second-order valence-corrected chi connectivity index (χ2v) is 0. The van der Waals surface area contributed by atoms with Crippen molar-refractivity contribution in [1.29, 1.82) is 0 Å². The first-order chi connectivity index (χ1) is 1.00. The Morgan fingerprint density at radius 2 is 0.800 bits per heavy atom. The van der Waals surface area contributed by atoms with Crippen LogP contribution < -0.4 is 12.3 Å². The molecule has 0 aliphatic rings. The van der Waals surface area contributed by atoms with E-state index in [1.807, 2.05) is 0 Å². The van der Waals surface area contributed by atoms with E-state index in [1.165, 1.54) is 0 Å². The summed E-state index contributed by atoms with van der Waals surface area (Å²) in [4.78, 5) is 0. The zero-order chi connectivity index (χ0) is 2.00. The van der Waals surface area contributed by atoms with Gasteiger partial charge in [-0.1, -0.05) is 0 Å². The fourth-order valence-electron chi connectivity index (χ4n) is 0. The van der Waals surface area contributed by atoms with Crippen molar-refractivity contribution in [2.45, 2.75) is 0 Å². The highest BCUT2D eigenvalue weighted by atomic mass is 14.0. The zero-order valence-corrected chi connectivity index (χ0v) is 2.83. The van der Waals surface area contributed by atoms with Gasteiger partial charge in [0.1, 0.15) is 0 Å². The van der Waals surface area contributed by atoms with E-state index >= 15 is 0 Å². The van der Waals surface area contributed by atoms with Gasteiger partial charge in [-0.15, -0.1) is 13.2 Å². The number of hydrogen-bond donors (Lipinski definition) is 2. The van der Waals surface area contributed by atoms with Gasteiger partial charge in [-0.05, 0) is 0 Å². The normalized spacial score (nSPS) is 0.800. The van der Waals surface area contributed by atoms with Crippen LogP contribution in [0.1, 0.15) is 0 Å². The smallest absolute Gasteiger partial charge is 0.0814 e. The average molecular weight is 76.0 g/mol.